The van der Waals surface area contributed by atoms with E-state index >= 15 is 0 Å². The number of fused-ring (bicyclic) bond motifs is 2. The molecule has 2 aliphatic carbocycles. The Labute approximate surface area is 116 Å². The Morgan fingerprint density at radius 2 is 2.05 bits per heavy atom. The molecule has 2 saturated carbocycles. The van der Waals surface area contributed by atoms with Crippen LogP contribution in [0.1, 0.15) is 51.9 Å². The van der Waals surface area contributed by atoms with Gasteiger partial charge < -0.3 is 14.6 Å². The Kier molecular flexibility index (Phi) is 4.16. The van der Waals surface area contributed by atoms with Crippen molar-refractivity contribution in [2.75, 3.05) is 19.8 Å². The fourth-order valence-corrected chi connectivity index (χ4v) is 4.74. The average Bonchev–Trinajstić information content (AvgIpc) is 3.02. The van der Waals surface area contributed by atoms with Crippen molar-refractivity contribution in [3.8, 4) is 0 Å². The van der Waals surface area contributed by atoms with Crippen molar-refractivity contribution >= 4 is 0 Å². The largest absolute Gasteiger partial charge is 0.390 e. The topological polar surface area (TPSA) is 38.7 Å². The Hall–Kier alpha value is -0.120. The minimum Gasteiger partial charge on any atom is -0.390 e. The third-order valence-corrected chi connectivity index (χ3v) is 5.79. The van der Waals surface area contributed by atoms with Gasteiger partial charge in [-0.2, -0.15) is 0 Å². The van der Waals surface area contributed by atoms with Crippen molar-refractivity contribution in [2.45, 2.75) is 63.6 Å². The zero-order chi connectivity index (χ0) is 13.3. The fraction of sp³-hybridized carbons (Fsp3) is 1.00. The molecule has 0 aromatic carbocycles. The van der Waals surface area contributed by atoms with Gasteiger partial charge in [0.1, 0.15) is 0 Å². The molecule has 1 N–H and O–H groups in total. The molecule has 3 nitrogen and oxygen atoms in total. The lowest BCUT2D eigenvalue weighted by Crippen LogP contribution is -2.50. The van der Waals surface area contributed by atoms with E-state index in [0.717, 1.165) is 50.2 Å². The summed E-state index contributed by atoms with van der Waals surface area (Å²) >= 11 is 0. The van der Waals surface area contributed by atoms with Gasteiger partial charge in [-0.1, -0.05) is 6.42 Å². The van der Waals surface area contributed by atoms with Gasteiger partial charge >= 0.3 is 0 Å². The molecule has 0 amide bonds. The molecule has 110 valence electrons. The molecule has 3 rings (SSSR count). The number of aliphatic hydroxyl groups is 1. The van der Waals surface area contributed by atoms with Crippen molar-refractivity contribution < 1.29 is 14.6 Å². The van der Waals surface area contributed by atoms with E-state index in [0.29, 0.717) is 6.61 Å². The molecule has 3 aliphatic rings. The van der Waals surface area contributed by atoms with Crippen LogP contribution in [-0.4, -0.2) is 36.6 Å². The zero-order valence-electron chi connectivity index (χ0n) is 12.1. The first-order valence-electron chi connectivity index (χ1n) is 8.13. The number of hydrogen-bond donors (Lipinski definition) is 1. The predicted molar refractivity (Wildman–Crippen MR) is 74.0 cm³/mol. The Balaban J connectivity index is 1.61. The van der Waals surface area contributed by atoms with Crippen LogP contribution in [0.15, 0.2) is 0 Å². The SMILES string of the molecule is CCOC1(C(O)CC2CC3CCC2C3)CCOCC1. The minimum atomic E-state index is -0.325. The molecule has 1 heterocycles. The minimum absolute atomic E-state index is 0.305. The second-order valence-electron chi connectivity index (χ2n) is 6.80. The maximum Gasteiger partial charge on any atom is 0.0983 e. The molecule has 2 bridgehead atoms. The quantitative estimate of drug-likeness (QED) is 0.833. The van der Waals surface area contributed by atoms with Crippen molar-refractivity contribution in [2.24, 2.45) is 17.8 Å². The maximum absolute atomic E-state index is 10.8. The van der Waals surface area contributed by atoms with Gasteiger partial charge in [0, 0.05) is 32.7 Å². The van der Waals surface area contributed by atoms with Crippen LogP contribution in [0.4, 0.5) is 0 Å². The summed E-state index contributed by atoms with van der Waals surface area (Å²) in [5.41, 5.74) is -0.325. The van der Waals surface area contributed by atoms with Crippen LogP contribution in [0, 0.1) is 17.8 Å². The van der Waals surface area contributed by atoms with E-state index < -0.39 is 0 Å². The van der Waals surface area contributed by atoms with E-state index in [2.05, 4.69) is 0 Å². The molecule has 1 aliphatic heterocycles. The zero-order valence-corrected chi connectivity index (χ0v) is 12.1. The van der Waals surface area contributed by atoms with Gasteiger partial charge in [-0.25, -0.2) is 0 Å². The average molecular weight is 268 g/mol. The lowest BCUT2D eigenvalue weighted by Gasteiger charge is -2.42. The first-order chi connectivity index (χ1) is 9.23. The van der Waals surface area contributed by atoms with Gasteiger partial charge in [-0.3, -0.25) is 0 Å². The molecule has 0 aromatic heterocycles. The summed E-state index contributed by atoms with van der Waals surface area (Å²) in [6, 6.07) is 0. The van der Waals surface area contributed by atoms with Gasteiger partial charge in [0.25, 0.3) is 0 Å². The Morgan fingerprint density at radius 1 is 1.26 bits per heavy atom. The first-order valence-corrected chi connectivity index (χ1v) is 8.13. The van der Waals surface area contributed by atoms with Crippen molar-refractivity contribution in [3.05, 3.63) is 0 Å². The van der Waals surface area contributed by atoms with Gasteiger partial charge in [-0.05, 0) is 50.4 Å². The number of aliphatic hydroxyl groups excluding tert-OH is 1. The van der Waals surface area contributed by atoms with Crippen LogP contribution in [0.5, 0.6) is 0 Å². The number of rotatable bonds is 5. The highest BCUT2D eigenvalue weighted by molar-refractivity contribution is 4.96. The molecule has 4 atom stereocenters. The van der Waals surface area contributed by atoms with Crippen LogP contribution in [0.3, 0.4) is 0 Å². The summed E-state index contributed by atoms with van der Waals surface area (Å²) in [5.74, 6) is 2.59. The Bertz CT molecular complexity index is 293. The highest BCUT2D eigenvalue weighted by Gasteiger charge is 2.45. The van der Waals surface area contributed by atoms with Crippen LogP contribution in [0.25, 0.3) is 0 Å². The second-order valence-corrected chi connectivity index (χ2v) is 6.80. The molecule has 0 spiro atoms. The van der Waals surface area contributed by atoms with E-state index in [4.69, 9.17) is 9.47 Å². The third-order valence-electron chi connectivity index (χ3n) is 5.79. The summed E-state index contributed by atoms with van der Waals surface area (Å²) in [5, 5.41) is 10.8. The smallest absolute Gasteiger partial charge is 0.0983 e. The third kappa shape index (κ3) is 2.70. The summed E-state index contributed by atoms with van der Waals surface area (Å²) in [6.07, 6.45) is 7.94. The Morgan fingerprint density at radius 3 is 2.63 bits per heavy atom. The molecule has 3 fully saturated rings. The van der Waals surface area contributed by atoms with Gasteiger partial charge in [0.2, 0.25) is 0 Å². The molecule has 3 heteroatoms. The van der Waals surface area contributed by atoms with Crippen LogP contribution >= 0.6 is 0 Å². The summed E-state index contributed by atoms with van der Waals surface area (Å²) in [6.45, 7) is 4.18. The molecular weight excluding hydrogens is 240 g/mol. The van der Waals surface area contributed by atoms with Crippen molar-refractivity contribution in [1.29, 1.82) is 0 Å². The van der Waals surface area contributed by atoms with Gasteiger partial charge in [0.05, 0.1) is 11.7 Å². The van der Waals surface area contributed by atoms with Crippen molar-refractivity contribution in [3.63, 3.8) is 0 Å². The summed E-state index contributed by atoms with van der Waals surface area (Å²) in [7, 11) is 0. The van der Waals surface area contributed by atoms with E-state index in [9.17, 15) is 5.11 Å². The predicted octanol–water partition coefficient (Wildman–Crippen LogP) is 2.76. The standard InChI is InChI=1S/C16H28O3/c1-2-19-16(5-7-18-8-6-16)15(17)11-14-10-12-3-4-13(14)9-12/h12-15,17H,2-11H2,1H3. The summed E-state index contributed by atoms with van der Waals surface area (Å²) < 4.78 is 11.4. The fourth-order valence-electron chi connectivity index (χ4n) is 4.74. The normalized spacial score (nSPS) is 38.5. The molecular formula is C16H28O3. The van der Waals surface area contributed by atoms with Crippen LogP contribution < -0.4 is 0 Å². The van der Waals surface area contributed by atoms with Crippen LogP contribution in [-0.2, 0) is 9.47 Å². The molecule has 19 heavy (non-hydrogen) atoms. The molecule has 0 radical (unpaired) electrons. The maximum atomic E-state index is 10.8. The molecule has 1 saturated heterocycles. The monoisotopic (exact) mass is 268 g/mol. The second kappa shape index (κ2) is 5.71. The lowest BCUT2D eigenvalue weighted by molar-refractivity contribution is -0.171. The van der Waals surface area contributed by atoms with E-state index in [1.54, 1.807) is 0 Å². The lowest BCUT2D eigenvalue weighted by atomic mass is 9.78. The highest BCUT2D eigenvalue weighted by atomic mass is 16.5. The number of ether oxygens (including phenoxy) is 2. The van der Waals surface area contributed by atoms with E-state index in [1.165, 1.54) is 25.7 Å². The number of hydrogen-bond acceptors (Lipinski definition) is 3. The highest BCUT2D eigenvalue weighted by Crippen LogP contribution is 2.50. The van der Waals surface area contributed by atoms with Crippen LogP contribution in [0.2, 0.25) is 0 Å². The van der Waals surface area contributed by atoms with Gasteiger partial charge in [0.15, 0.2) is 0 Å². The van der Waals surface area contributed by atoms with Crippen molar-refractivity contribution in [1.82, 2.24) is 0 Å². The first kappa shape index (κ1) is 13.8. The van der Waals surface area contributed by atoms with E-state index in [1.807, 2.05) is 6.92 Å². The molecule has 0 aromatic rings. The van der Waals surface area contributed by atoms with E-state index in [-0.39, 0.29) is 11.7 Å². The van der Waals surface area contributed by atoms with Gasteiger partial charge in [-0.15, -0.1) is 0 Å². The molecule has 4 unspecified atom stereocenters. The summed E-state index contributed by atoms with van der Waals surface area (Å²) in [4.78, 5) is 0.